The molecule has 1 aliphatic carbocycles. The molecule has 1 aromatic carbocycles. The monoisotopic (exact) mass is 321 g/mol. The van der Waals surface area contributed by atoms with Crippen molar-refractivity contribution in [3.8, 4) is 0 Å². The van der Waals surface area contributed by atoms with Crippen molar-refractivity contribution in [1.82, 2.24) is 4.90 Å². The van der Waals surface area contributed by atoms with Crippen LogP contribution in [0.5, 0.6) is 0 Å². The number of benzene rings is 1. The standard InChI is InChI=1S/C18H24FNO3/c19-15-7-5-13(6-8-15)17-9-10-20(11-14(17)12-21)18(22)23-16-3-1-2-4-16/h5-8,14,16-17,21H,1-4,9-12H2. The van der Waals surface area contributed by atoms with Crippen LogP contribution in [0.15, 0.2) is 24.3 Å². The van der Waals surface area contributed by atoms with E-state index < -0.39 is 0 Å². The number of rotatable bonds is 3. The minimum Gasteiger partial charge on any atom is -0.446 e. The molecule has 1 saturated heterocycles. The number of aliphatic hydroxyl groups excluding tert-OH is 1. The molecule has 23 heavy (non-hydrogen) atoms. The number of carbonyl (C=O) groups excluding carboxylic acids is 1. The Morgan fingerprint density at radius 2 is 1.91 bits per heavy atom. The number of hydrogen-bond acceptors (Lipinski definition) is 3. The van der Waals surface area contributed by atoms with E-state index in [4.69, 9.17) is 4.74 Å². The van der Waals surface area contributed by atoms with Gasteiger partial charge in [0.15, 0.2) is 0 Å². The zero-order valence-electron chi connectivity index (χ0n) is 13.3. The number of aliphatic hydroxyl groups is 1. The zero-order chi connectivity index (χ0) is 16.2. The van der Waals surface area contributed by atoms with Gasteiger partial charge in [-0.15, -0.1) is 0 Å². The highest BCUT2D eigenvalue weighted by molar-refractivity contribution is 5.68. The lowest BCUT2D eigenvalue weighted by molar-refractivity contribution is 0.0411. The van der Waals surface area contributed by atoms with Crippen molar-refractivity contribution in [1.29, 1.82) is 0 Å². The smallest absolute Gasteiger partial charge is 0.410 e. The van der Waals surface area contributed by atoms with Crippen LogP contribution in [0.3, 0.4) is 0 Å². The predicted molar refractivity (Wildman–Crippen MR) is 84.6 cm³/mol. The van der Waals surface area contributed by atoms with Gasteiger partial charge in [0.1, 0.15) is 11.9 Å². The van der Waals surface area contributed by atoms with Crippen molar-refractivity contribution in [3.05, 3.63) is 35.6 Å². The largest absolute Gasteiger partial charge is 0.446 e. The summed E-state index contributed by atoms with van der Waals surface area (Å²) in [4.78, 5) is 14.0. The van der Waals surface area contributed by atoms with Crippen LogP contribution in [-0.4, -0.2) is 41.9 Å². The summed E-state index contributed by atoms with van der Waals surface area (Å²) in [5.41, 5.74) is 1.02. The van der Waals surface area contributed by atoms with Crippen molar-refractivity contribution in [2.24, 2.45) is 5.92 Å². The van der Waals surface area contributed by atoms with E-state index >= 15 is 0 Å². The molecule has 0 bridgehead atoms. The number of piperidine rings is 1. The predicted octanol–water partition coefficient (Wildman–Crippen LogP) is 3.30. The fourth-order valence-corrected chi connectivity index (χ4v) is 3.76. The van der Waals surface area contributed by atoms with Gasteiger partial charge in [0.2, 0.25) is 0 Å². The summed E-state index contributed by atoms with van der Waals surface area (Å²) in [6.45, 7) is 1.11. The SMILES string of the molecule is O=C(OC1CCCC1)N1CCC(c2ccc(F)cc2)C(CO)C1. The molecule has 1 aliphatic heterocycles. The summed E-state index contributed by atoms with van der Waals surface area (Å²) < 4.78 is 18.6. The van der Waals surface area contributed by atoms with Gasteiger partial charge in [-0.25, -0.2) is 9.18 Å². The quantitative estimate of drug-likeness (QED) is 0.929. The first-order valence-corrected chi connectivity index (χ1v) is 8.49. The number of carbonyl (C=O) groups is 1. The van der Waals surface area contributed by atoms with E-state index in [1.807, 2.05) is 0 Å². The molecule has 1 N–H and O–H groups in total. The lowest BCUT2D eigenvalue weighted by atomic mass is 9.81. The number of nitrogens with zero attached hydrogens (tertiary/aromatic N) is 1. The highest BCUT2D eigenvalue weighted by Crippen LogP contribution is 2.33. The maximum atomic E-state index is 13.1. The van der Waals surface area contributed by atoms with Crippen molar-refractivity contribution < 1.29 is 19.0 Å². The Morgan fingerprint density at radius 3 is 2.57 bits per heavy atom. The minimum absolute atomic E-state index is 0.00918. The second-order valence-electron chi connectivity index (χ2n) is 6.63. The minimum atomic E-state index is -0.258. The van der Waals surface area contributed by atoms with E-state index in [2.05, 4.69) is 0 Å². The Labute approximate surface area is 136 Å². The van der Waals surface area contributed by atoms with E-state index in [0.29, 0.717) is 13.1 Å². The van der Waals surface area contributed by atoms with Crippen LogP contribution in [0.4, 0.5) is 9.18 Å². The van der Waals surface area contributed by atoms with Crippen LogP contribution in [0.2, 0.25) is 0 Å². The molecule has 1 amide bonds. The number of likely N-dealkylation sites (tertiary alicyclic amines) is 1. The third kappa shape index (κ3) is 3.83. The van der Waals surface area contributed by atoms with Gasteiger partial charge in [-0.05, 0) is 55.7 Å². The molecule has 1 aromatic rings. The molecule has 2 aliphatic rings. The molecule has 4 nitrogen and oxygen atoms in total. The highest BCUT2D eigenvalue weighted by atomic mass is 19.1. The highest BCUT2D eigenvalue weighted by Gasteiger charge is 2.33. The Morgan fingerprint density at radius 1 is 1.22 bits per heavy atom. The summed E-state index contributed by atoms with van der Waals surface area (Å²) in [7, 11) is 0. The number of ether oxygens (including phenoxy) is 1. The zero-order valence-corrected chi connectivity index (χ0v) is 13.3. The first-order chi connectivity index (χ1) is 11.2. The fourth-order valence-electron chi connectivity index (χ4n) is 3.76. The molecule has 0 aromatic heterocycles. The van der Waals surface area contributed by atoms with E-state index in [-0.39, 0.29) is 36.5 Å². The first kappa shape index (κ1) is 16.2. The van der Waals surface area contributed by atoms with E-state index in [0.717, 1.165) is 37.7 Å². The van der Waals surface area contributed by atoms with Crippen LogP contribution in [0.1, 0.15) is 43.6 Å². The normalized spacial score (nSPS) is 25.6. The van der Waals surface area contributed by atoms with Gasteiger partial charge in [-0.1, -0.05) is 12.1 Å². The molecule has 0 radical (unpaired) electrons. The van der Waals surface area contributed by atoms with E-state index in [1.165, 1.54) is 12.1 Å². The van der Waals surface area contributed by atoms with Gasteiger partial charge in [0, 0.05) is 25.6 Å². The number of amides is 1. The molecular weight excluding hydrogens is 297 g/mol. The van der Waals surface area contributed by atoms with Gasteiger partial charge >= 0.3 is 6.09 Å². The third-order valence-electron chi connectivity index (χ3n) is 5.09. The molecule has 5 heteroatoms. The molecule has 2 fully saturated rings. The van der Waals surface area contributed by atoms with Crippen LogP contribution in [-0.2, 0) is 4.74 Å². The van der Waals surface area contributed by atoms with Crippen molar-refractivity contribution in [2.45, 2.75) is 44.1 Å². The summed E-state index contributed by atoms with van der Waals surface area (Å²) in [6.07, 6.45) is 4.74. The number of halogens is 1. The summed E-state index contributed by atoms with van der Waals surface area (Å²) in [5, 5.41) is 9.71. The maximum absolute atomic E-state index is 13.1. The third-order valence-corrected chi connectivity index (χ3v) is 5.09. The maximum Gasteiger partial charge on any atom is 0.410 e. The van der Waals surface area contributed by atoms with Gasteiger partial charge in [-0.3, -0.25) is 0 Å². The molecule has 2 unspecified atom stereocenters. The van der Waals surface area contributed by atoms with Crippen LogP contribution in [0, 0.1) is 11.7 Å². The van der Waals surface area contributed by atoms with Crippen molar-refractivity contribution in [2.75, 3.05) is 19.7 Å². The Kier molecular flexibility index (Phi) is 5.16. The second kappa shape index (κ2) is 7.30. The average Bonchev–Trinajstić information content (AvgIpc) is 3.08. The Bertz CT molecular complexity index is 528. The van der Waals surface area contributed by atoms with Crippen molar-refractivity contribution >= 4 is 6.09 Å². The molecule has 2 atom stereocenters. The van der Waals surface area contributed by atoms with Crippen LogP contribution >= 0.6 is 0 Å². The van der Waals surface area contributed by atoms with Crippen molar-refractivity contribution in [3.63, 3.8) is 0 Å². The topological polar surface area (TPSA) is 49.8 Å². The van der Waals surface area contributed by atoms with Crippen LogP contribution in [0.25, 0.3) is 0 Å². The van der Waals surface area contributed by atoms with Gasteiger partial charge in [0.05, 0.1) is 0 Å². The molecule has 1 heterocycles. The van der Waals surface area contributed by atoms with Gasteiger partial charge in [0.25, 0.3) is 0 Å². The summed E-state index contributed by atoms with van der Waals surface area (Å²) >= 11 is 0. The fraction of sp³-hybridized carbons (Fsp3) is 0.611. The molecular formula is C18H24FNO3. The van der Waals surface area contributed by atoms with Gasteiger partial charge in [-0.2, -0.15) is 0 Å². The Hall–Kier alpha value is -1.62. The lowest BCUT2D eigenvalue weighted by Gasteiger charge is -2.37. The summed E-state index contributed by atoms with van der Waals surface area (Å²) in [5.74, 6) is -0.145. The van der Waals surface area contributed by atoms with Gasteiger partial charge < -0.3 is 14.7 Å². The summed E-state index contributed by atoms with van der Waals surface area (Å²) in [6, 6.07) is 6.44. The number of hydrogen-bond donors (Lipinski definition) is 1. The molecule has 126 valence electrons. The molecule has 0 spiro atoms. The van der Waals surface area contributed by atoms with E-state index in [1.54, 1.807) is 17.0 Å². The van der Waals surface area contributed by atoms with E-state index in [9.17, 15) is 14.3 Å². The first-order valence-electron chi connectivity index (χ1n) is 8.49. The average molecular weight is 321 g/mol. The molecule has 1 saturated carbocycles. The molecule has 3 rings (SSSR count). The second-order valence-corrected chi connectivity index (χ2v) is 6.63. The lowest BCUT2D eigenvalue weighted by Crippen LogP contribution is -2.45. The Balaban J connectivity index is 1.61. The van der Waals surface area contributed by atoms with Crippen LogP contribution < -0.4 is 0 Å².